The normalized spacial score (nSPS) is 13.4. The number of nitrogens with two attached hydrogens (primary N) is 1. The molecule has 7 nitrogen and oxygen atoms in total. The highest BCUT2D eigenvalue weighted by Gasteiger charge is 2.17. The van der Waals surface area contributed by atoms with Crippen LogP contribution in [0.15, 0.2) is 75.0 Å². The molecule has 0 fully saturated rings. The van der Waals surface area contributed by atoms with Crippen LogP contribution in [-0.2, 0) is 6.54 Å². The molecule has 0 amide bonds. The molecule has 4 aromatic rings. The Morgan fingerprint density at radius 1 is 1.05 bits per heavy atom. The van der Waals surface area contributed by atoms with Crippen molar-refractivity contribution in [2.75, 3.05) is 12.3 Å². The first-order valence-electron chi connectivity index (χ1n) is 12.7. The van der Waals surface area contributed by atoms with Crippen LogP contribution in [-0.4, -0.2) is 32.9 Å². The second kappa shape index (κ2) is 12.8. The summed E-state index contributed by atoms with van der Waals surface area (Å²) in [4.78, 5) is 11.5. The number of hydrogen-bond acceptors (Lipinski definition) is 8. The van der Waals surface area contributed by atoms with E-state index in [0.29, 0.717) is 36.3 Å². The summed E-state index contributed by atoms with van der Waals surface area (Å²) in [5.41, 5.74) is 9.84. The highest BCUT2D eigenvalue weighted by molar-refractivity contribution is 8.03. The Bertz CT molecular complexity index is 1370. The van der Waals surface area contributed by atoms with Gasteiger partial charge in [-0.1, -0.05) is 56.0 Å². The Kier molecular flexibility index (Phi) is 9.25. The second-order valence-electron chi connectivity index (χ2n) is 9.14. The lowest BCUT2D eigenvalue weighted by Crippen LogP contribution is -2.21. The Morgan fingerprint density at radius 2 is 1.74 bits per heavy atom. The van der Waals surface area contributed by atoms with Crippen molar-refractivity contribution in [2.24, 2.45) is 5.92 Å². The van der Waals surface area contributed by atoms with Gasteiger partial charge in [0.25, 0.3) is 5.89 Å². The van der Waals surface area contributed by atoms with Gasteiger partial charge >= 0.3 is 0 Å². The maximum atomic E-state index is 13.0. The van der Waals surface area contributed by atoms with Crippen molar-refractivity contribution in [3.63, 3.8) is 0 Å². The van der Waals surface area contributed by atoms with Gasteiger partial charge < -0.3 is 15.5 Å². The van der Waals surface area contributed by atoms with E-state index in [0.717, 1.165) is 23.1 Å². The first kappa shape index (κ1) is 27.5. The number of benzene rings is 2. The van der Waals surface area contributed by atoms with Crippen molar-refractivity contribution in [3.8, 4) is 34.3 Å². The lowest BCUT2D eigenvalue weighted by Gasteiger charge is -2.13. The molecule has 0 aliphatic heterocycles. The van der Waals surface area contributed by atoms with Crippen LogP contribution in [0.25, 0.3) is 34.3 Å². The summed E-state index contributed by atoms with van der Waals surface area (Å²) in [5.74, 6) is 1.30. The van der Waals surface area contributed by atoms with Crippen LogP contribution in [0.4, 0.5) is 10.2 Å². The maximum absolute atomic E-state index is 13.0. The van der Waals surface area contributed by atoms with E-state index in [1.165, 1.54) is 16.7 Å². The summed E-state index contributed by atoms with van der Waals surface area (Å²) in [5, 5.41) is 11.4. The molecular weight excluding hydrogens is 499 g/mol. The molecule has 0 saturated carbocycles. The van der Waals surface area contributed by atoms with E-state index in [1.54, 1.807) is 18.0 Å². The van der Waals surface area contributed by atoms with Gasteiger partial charge in [0.1, 0.15) is 6.17 Å². The minimum absolute atomic E-state index is 0.202. The molecular formula is C29H33FN6OS. The minimum Gasteiger partial charge on any atom is -0.414 e. The van der Waals surface area contributed by atoms with Gasteiger partial charge in [-0.3, -0.25) is 0 Å². The number of thioether (sulfide) groups is 1. The van der Waals surface area contributed by atoms with Crippen molar-refractivity contribution >= 4 is 17.6 Å². The fourth-order valence-electron chi connectivity index (χ4n) is 3.79. The maximum Gasteiger partial charge on any atom is 0.270 e. The molecule has 0 saturated heterocycles. The highest BCUT2D eigenvalue weighted by atomic mass is 32.2. The molecule has 9 heteroatoms. The third-order valence-corrected chi connectivity index (χ3v) is 7.53. The van der Waals surface area contributed by atoms with Crippen molar-refractivity contribution in [1.82, 2.24) is 25.5 Å². The van der Waals surface area contributed by atoms with Crippen molar-refractivity contribution in [3.05, 3.63) is 71.3 Å². The van der Waals surface area contributed by atoms with Gasteiger partial charge in [0.15, 0.2) is 11.5 Å². The SMILES string of the molecule is C/C=C(\Sc1ccc(-c2cnc(N)c(-c3nnc(-c4ccc(CNCC(C)F)cc4)o3)n2)cc1)C(C)CC. The first-order valence-corrected chi connectivity index (χ1v) is 13.5. The molecule has 2 aromatic carbocycles. The van der Waals surface area contributed by atoms with E-state index in [-0.39, 0.29) is 11.7 Å². The van der Waals surface area contributed by atoms with Crippen LogP contribution in [0, 0.1) is 5.92 Å². The Hall–Kier alpha value is -3.56. The Balaban J connectivity index is 1.50. The van der Waals surface area contributed by atoms with E-state index in [4.69, 9.17) is 10.2 Å². The monoisotopic (exact) mass is 532 g/mol. The average molecular weight is 533 g/mol. The fraction of sp³-hybridized carbons (Fsp3) is 0.310. The highest BCUT2D eigenvalue weighted by Crippen LogP contribution is 2.34. The quantitative estimate of drug-likeness (QED) is 0.200. The lowest BCUT2D eigenvalue weighted by atomic mass is 10.1. The van der Waals surface area contributed by atoms with Crippen LogP contribution < -0.4 is 11.1 Å². The molecule has 0 bridgehead atoms. The molecule has 2 atom stereocenters. The van der Waals surface area contributed by atoms with E-state index >= 15 is 0 Å². The molecule has 38 heavy (non-hydrogen) atoms. The van der Waals surface area contributed by atoms with Gasteiger partial charge in [-0.05, 0) is 60.9 Å². The standard InChI is InChI=1S/C29H33FN6OS/c1-5-18(3)25(6-2)38-23-13-11-21(12-14-23)24-17-33-27(31)26(34-24)29-36-35-28(37-29)22-9-7-20(8-10-22)16-32-15-19(4)30/h6-14,17-19,32H,5,15-16H2,1-4H3,(H2,31,33)/b25-6-. The lowest BCUT2D eigenvalue weighted by molar-refractivity contribution is 0.344. The average Bonchev–Trinajstić information content (AvgIpc) is 3.42. The summed E-state index contributed by atoms with van der Waals surface area (Å²) < 4.78 is 18.9. The number of allylic oxidation sites excluding steroid dienone is 2. The van der Waals surface area contributed by atoms with Gasteiger partial charge in [0.2, 0.25) is 5.89 Å². The molecule has 0 aliphatic carbocycles. The molecule has 2 heterocycles. The number of aromatic nitrogens is 4. The number of hydrogen-bond donors (Lipinski definition) is 2. The van der Waals surface area contributed by atoms with Crippen molar-refractivity contribution in [2.45, 2.75) is 51.7 Å². The van der Waals surface area contributed by atoms with Gasteiger partial charge in [0, 0.05) is 29.1 Å². The van der Waals surface area contributed by atoms with E-state index in [2.05, 4.69) is 64.5 Å². The van der Waals surface area contributed by atoms with Crippen molar-refractivity contribution in [1.29, 1.82) is 0 Å². The third-order valence-electron chi connectivity index (χ3n) is 6.15. The molecule has 0 radical (unpaired) electrons. The molecule has 3 N–H and O–H groups in total. The third kappa shape index (κ3) is 6.85. The predicted octanol–water partition coefficient (Wildman–Crippen LogP) is 6.93. The number of alkyl halides is 1. The zero-order valence-corrected chi connectivity index (χ0v) is 22.9. The number of nitrogens with one attached hydrogen (secondary N) is 1. The zero-order chi connectivity index (χ0) is 27.1. The Morgan fingerprint density at radius 3 is 2.39 bits per heavy atom. The van der Waals surface area contributed by atoms with Gasteiger partial charge in [-0.2, -0.15) is 0 Å². The molecule has 4 rings (SSSR count). The van der Waals surface area contributed by atoms with Gasteiger partial charge in [-0.15, -0.1) is 10.2 Å². The molecule has 0 spiro atoms. The summed E-state index contributed by atoms with van der Waals surface area (Å²) in [6.07, 6.45) is 4.05. The van der Waals surface area contributed by atoms with Crippen molar-refractivity contribution < 1.29 is 8.81 Å². The molecule has 2 unspecified atom stereocenters. The van der Waals surface area contributed by atoms with Crippen LogP contribution in [0.2, 0.25) is 0 Å². The number of anilines is 1. The van der Waals surface area contributed by atoms with E-state index in [9.17, 15) is 4.39 Å². The molecule has 2 aromatic heterocycles. The Labute approximate surface area is 227 Å². The van der Waals surface area contributed by atoms with E-state index < -0.39 is 6.17 Å². The van der Waals surface area contributed by atoms with Crippen LogP contribution in [0.3, 0.4) is 0 Å². The van der Waals surface area contributed by atoms with Crippen LogP contribution in [0.5, 0.6) is 0 Å². The molecule has 0 aliphatic rings. The van der Waals surface area contributed by atoms with Gasteiger partial charge in [-0.25, -0.2) is 14.4 Å². The predicted molar refractivity (Wildman–Crippen MR) is 152 cm³/mol. The summed E-state index contributed by atoms with van der Waals surface area (Å²) in [7, 11) is 0. The number of halogens is 1. The summed E-state index contributed by atoms with van der Waals surface area (Å²) in [6.45, 7) is 8.95. The summed E-state index contributed by atoms with van der Waals surface area (Å²) >= 11 is 1.79. The topological polar surface area (TPSA) is 103 Å². The minimum atomic E-state index is -0.885. The van der Waals surface area contributed by atoms with E-state index in [1.807, 2.05) is 36.4 Å². The second-order valence-corrected chi connectivity index (χ2v) is 10.3. The molecule has 198 valence electrons. The largest absolute Gasteiger partial charge is 0.414 e. The number of nitrogens with zero attached hydrogens (tertiary/aromatic N) is 4. The van der Waals surface area contributed by atoms with Crippen LogP contribution in [0.1, 0.15) is 39.7 Å². The zero-order valence-electron chi connectivity index (χ0n) is 22.1. The smallest absolute Gasteiger partial charge is 0.270 e. The number of rotatable bonds is 11. The van der Waals surface area contributed by atoms with Gasteiger partial charge in [0.05, 0.1) is 11.9 Å². The summed E-state index contributed by atoms with van der Waals surface area (Å²) in [6, 6.07) is 15.9. The fourth-order valence-corrected chi connectivity index (χ4v) is 4.82. The first-order chi connectivity index (χ1) is 18.4. The number of nitrogen functional groups attached to an aromatic ring is 1. The van der Waals surface area contributed by atoms with Crippen LogP contribution >= 0.6 is 11.8 Å².